The highest BCUT2D eigenvalue weighted by Gasteiger charge is 2.01. The fourth-order valence-corrected chi connectivity index (χ4v) is 1.65. The van der Waals surface area contributed by atoms with Crippen molar-refractivity contribution >= 4 is 35.4 Å². The Kier molecular flexibility index (Phi) is 7.25. The Morgan fingerprint density at radius 2 is 2.11 bits per heavy atom. The molecule has 0 saturated carbocycles. The molecule has 5 nitrogen and oxygen atoms in total. The molecule has 1 aromatic rings. The van der Waals surface area contributed by atoms with Crippen molar-refractivity contribution in [1.29, 1.82) is 5.41 Å². The molecule has 0 atom stereocenters. The zero-order valence-corrected chi connectivity index (χ0v) is 12.1. The summed E-state index contributed by atoms with van der Waals surface area (Å²) in [6.45, 7) is 2.60. The predicted molar refractivity (Wildman–Crippen MR) is 78.9 cm³/mol. The first-order valence-corrected chi connectivity index (χ1v) is 6.60. The van der Waals surface area contributed by atoms with E-state index in [-0.39, 0.29) is 5.96 Å². The van der Waals surface area contributed by atoms with Crippen molar-refractivity contribution in [2.45, 2.75) is 19.8 Å². The van der Waals surface area contributed by atoms with Crippen LogP contribution >= 0.6 is 23.2 Å². The van der Waals surface area contributed by atoms with Crippen molar-refractivity contribution < 1.29 is 4.84 Å². The minimum atomic E-state index is -0.0597. The van der Waals surface area contributed by atoms with Gasteiger partial charge in [-0.05, 0) is 18.6 Å². The van der Waals surface area contributed by atoms with Crippen molar-refractivity contribution in [2.75, 3.05) is 6.61 Å². The number of hydroxylamine groups is 1. The van der Waals surface area contributed by atoms with Gasteiger partial charge in [0.1, 0.15) is 0 Å². The molecule has 0 fully saturated rings. The van der Waals surface area contributed by atoms with Crippen molar-refractivity contribution in [3.8, 4) is 0 Å². The molecule has 0 saturated heterocycles. The smallest absolute Gasteiger partial charge is 0.233 e. The van der Waals surface area contributed by atoms with Crippen LogP contribution in [0.1, 0.15) is 25.3 Å². The Balaban J connectivity index is 2.39. The molecule has 0 aliphatic rings. The first-order valence-electron chi connectivity index (χ1n) is 5.84. The summed E-state index contributed by atoms with van der Waals surface area (Å²) in [5.74, 6) is -0.0597. The molecule has 0 amide bonds. The predicted octanol–water partition coefficient (Wildman–Crippen LogP) is 3.17. The van der Waals surface area contributed by atoms with Crippen LogP contribution in [0.2, 0.25) is 10.0 Å². The van der Waals surface area contributed by atoms with Crippen LogP contribution in [0.25, 0.3) is 0 Å². The largest absolute Gasteiger partial charge is 0.274 e. The molecule has 0 heterocycles. The summed E-state index contributed by atoms with van der Waals surface area (Å²) < 4.78 is 0. The van der Waals surface area contributed by atoms with Crippen LogP contribution in [-0.4, -0.2) is 18.8 Å². The summed E-state index contributed by atoms with van der Waals surface area (Å²) in [7, 11) is 0. The maximum Gasteiger partial charge on any atom is 0.233 e. The molecule has 0 aliphatic heterocycles. The molecule has 7 heteroatoms. The molecular weight excluding hydrogens is 287 g/mol. The zero-order valence-electron chi connectivity index (χ0n) is 10.5. The SMILES string of the molecule is CCCCONC(=N)NN=Cc1c(Cl)cccc1Cl. The molecule has 1 rings (SSSR count). The molecule has 104 valence electrons. The number of nitrogens with zero attached hydrogens (tertiary/aromatic N) is 1. The molecule has 0 spiro atoms. The Morgan fingerprint density at radius 3 is 2.74 bits per heavy atom. The van der Waals surface area contributed by atoms with E-state index in [0.717, 1.165) is 12.8 Å². The van der Waals surface area contributed by atoms with Crippen LogP contribution in [0.3, 0.4) is 0 Å². The van der Waals surface area contributed by atoms with Gasteiger partial charge >= 0.3 is 0 Å². The molecular formula is C12H16Cl2N4O. The van der Waals surface area contributed by atoms with Crippen LogP contribution in [0.4, 0.5) is 0 Å². The number of halogens is 2. The zero-order chi connectivity index (χ0) is 14.1. The van der Waals surface area contributed by atoms with E-state index in [9.17, 15) is 0 Å². The lowest BCUT2D eigenvalue weighted by molar-refractivity contribution is 0.0796. The maximum atomic E-state index is 7.47. The number of hydrogen-bond donors (Lipinski definition) is 3. The van der Waals surface area contributed by atoms with Gasteiger partial charge in [-0.3, -0.25) is 10.2 Å². The Bertz CT molecular complexity index is 431. The standard InChI is InChI=1S/C12H16Cl2N4O/c1-2-3-7-19-18-12(15)17-16-8-9-10(13)5-4-6-11(9)14/h4-6,8H,2-3,7H2,1H3,(H3,15,17,18). The van der Waals surface area contributed by atoms with Gasteiger partial charge in [0.15, 0.2) is 0 Å². The van der Waals surface area contributed by atoms with Crippen molar-refractivity contribution in [3.05, 3.63) is 33.8 Å². The van der Waals surface area contributed by atoms with Gasteiger partial charge in [0.25, 0.3) is 0 Å². The number of rotatable bonds is 6. The Labute approximate surface area is 122 Å². The van der Waals surface area contributed by atoms with Gasteiger partial charge in [-0.25, -0.2) is 10.9 Å². The lowest BCUT2D eigenvalue weighted by Crippen LogP contribution is -2.33. The van der Waals surface area contributed by atoms with Gasteiger partial charge in [-0.15, -0.1) is 0 Å². The van der Waals surface area contributed by atoms with Gasteiger partial charge in [-0.2, -0.15) is 5.10 Å². The number of hydrazone groups is 1. The number of hydrogen-bond acceptors (Lipinski definition) is 3. The van der Waals surface area contributed by atoms with E-state index in [1.165, 1.54) is 6.21 Å². The number of unbranched alkanes of at least 4 members (excludes halogenated alkanes) is 1. The maximum absolute atomic E-state index is 7.47. The third kappa shape index (κ3) is 5.92. The van der Waals surface area contributed by atoms with Gasteiger partial charge in [0, 0.05) is 5.56 Å². The quantitative estimate of drug-likeness (QED) is 0.327. The van der Waals surface area contributed by atoms with Crippen molar-refractivity contribution in [1.82, 2.24) is 10.9 Å². The average molecular weight is 303 g/mol. The van der Waals surface area contributed by atoms with E-state index in [0.29, 0.717) is 22.2 Å². The second kappa shape index (κ2) is 8.74. The second-order valence-corrected chi connectivity index (χ2v) is 4.50. The normalized spacial score (nSPS) is 10.7. The number of guanidine groups is 1. The Morgan fingerprint density at radius 1 is 1.42 bits per heavy atom. The van der Waals surface area contributed by atoms with E-state index in [1.54, 1.807) is 18.2 Å². The van der Waals surface area contributed by atoms with Crippen LogP contribution < -0.4 is 10.9 Å². The first kappa shape index (κ1) is 15.8. The lowest BCUT2D eigenvalue weighted by atomic mass is 10.2. The summed E-state index contributed by atoms with van der Waals surface area (Å²) in [5, 5.41) is 12.3. The van der Waals surface area contributed by atoms with Gasteiger partial charge in [0.2, 0.25) is 5.96 Å². The first-order chi connectivity index (χ1) is 9.15. The second-order valence-electron chi connectivity index (χ2n) is 3.68. The van der Waals surface area contributed by atoms with Gasteiger partial charge < -0.3 is 0 Å². The number of benzene rings is 1. The average Bonchev–Trinajstić information content (AvgIpc) is 2.38. The molecule has 19 heavy (non-hydrogen) atoms. The van der Waals surface area contributed by atoms with Crippen LogP contribution in [0, 0.1) is 5.41 Å². The van der Waals surface area contributed by atoms with E-state index < -0.39 is 0 Å². The summed E-state index contributed by atoms with van der Waals surface area (Å²) in [5.41, 5.74) is 5.48. The van der Waals surface area contributed by atoms with Crippen LogP contribution in [-0.2, 0) is 4.84 Å². The monoisotopic (exact) mass is 302 g/mol. The summed E-state index contributed by atoms with van der Waals surface area (Å²) in [6, 6.07) is 5.18. The van der Waals surface area contributed by atoms with Crippen LogP contribution in [0.15, 0.2) is 23.3 Å². The van der Waals surface area contributed by atoms with E-state index in [2.05, 4.69) is 22.9 Å². The van der Waals surface area contributed by atoms with E-state index in [4.69, 9.17) is 33.4 Å². The minimum Gasteiger partial charge on any atom is -0.274 e. The fourth-order valence-electron chi connectivity index (χ4n) is 1.16. The van der Waals surface area contributed by atoms with E-state index >= 15 is 0 Å². The molecule has 0 aliphatic carbocycles. The van der Waals surface area contributed by atoms with Crippen molar-refractivity contribution in [3.63, 3.8) is 0 Å². The molecule has 3 N–H and O–H groups in total. The molecule has 1 aromatic carbocycles. The molecule has 0 bridgehead atoms. The third-order valence-corrected chi connectivity index (χ3v) is 2.80. The third-order valence-electron chi connectivity index (χ3n) is 2.14. The van der Waals surface area contributed by atoms with Crippen LogP contribution in [0.5, 0.6) is 0 Å². The minimum absolute atomic E-state index is 0.0597. The van der Waals surface area contributed by atoms with Gasteiger partial charge in [0.05, 0.1) is 22.9 Å². The molecule has 0 radical (unpaired) electrons. The molecule has 0 unspecified atom stereocenters. The number of nitrogens with one attached hydrogen (secondary N) is 3. The Hall–Kier alpha value is -1.30. The lowest BCUT2D eigenvalue weighted by Gasteiger charge is -2.06. The topological polar surface area (TPSA) is 69.5 Å². The summed E-state index contributed by atoms with van der Waals surface area (Å²) in [4.78, 5) is 5.02. The highest BCUT2D eigenvalue weighted by Crippen LogP contribution is 2.21. The van der Waals surface area contributed by atoms with Gasteiger partial charge in [-0.1, -0.05) is 42.6 Å². The summed E-state index contributed by atoms with van der Waals surface area (Å²) in [6.07, 6.45) is 3.41. The highest BCUT2D eigenvalue weighted by molar-refractivity contribution is 6.38. The van der Waals surface area contributed by atoms with E-state index in [1.807, 2.05) is 0 Å². The van der Waals surface area contributed by atoms with Crippen molar-refractivity contribution in [2.24, 2.45) is 5.10 Å². The molecule has 0 aromatic heterocycles. The highest BCUT2D eigenvalue weighted by atomic mass is 35.5. The fraction of sp³-hybridized carbons (Fsp3) is 0.333. The summed E-state index contributed by atoms with van der Waals surface area (Å²) >= 11 is 11.9.